The Hall–Kier alpha value is -3.90. The van der Waals surface area contributed by atoms with Gasteiger partial charge in [-0.2, -0.15) is 4.98 Å². The number of amides is 2. The highest BCUT2D eigenvalue weighted by Crippen LogP contribution is 2.39. The number of carbonyl (C=O) groups is 1. The molecule has 1 aliphatic rings. The van der Waals surface area contributed by atoms with Gasteiger partial charge in [-0.1, -0.05) is 70.9 Å². The molecule has 1 N–H and O–H groups in total. The van der Waals surface area contributed by atoms with Crippen molar-refractivity contribution in [2.45, 2.75) is 26.8 Å². The molecule has 34 heavy (non-hydrogen) atoms. The van der Waals surface area contributed by atoms with Crippen LogP contribution in [0.15, 0.2) is 83.0 Å². The maximum atomic E-state index is 13.3. The van der Waals surface area contributed by atoms with Crippen LogP contribution in [0.3, 0.4) is 0 Å². The highest BCUT2D eigenvalue weighted by molar-refractivity contribution is 6.30. The number of aromatic nitrogens is 2. The smallest absolute Gasteiger partial charge is 0.326 e. The highest BCUT2D eigenvalue weighted by atomic mass is 35.5. The van der Waals surface area contributed by atoms with Crippen LogP contribution in [0.4, 0.5) is 10.5 Å². The van der Waals surface area contributed by atoms with Crippen molar-refractivity contribution < 1.29 is 9.32 Å². The zero-order valence-corrected chi connectivity index (χ0v) is 19.8. The highest BCUT2D eigenvalue weighted by Gasteiger charge is 2.36. The van der Waals surface area contributed by atoms with E-state index in [0.29, 0.717) is 22.4 Å². The van der Waals surface area contributed by atoms with Gasteiger partial charge in [-0.25, -0.2) is 4.79 Å². The number of hydrogen-bond donors (Lipinski definition) is 1. The first kappa shape index (κ1) is 21.9. The fourth-order valence-electron chi connectivity index (χ4n) is 4.16. The number of rotatable bonds is 4. The van der Waals surface area contributed by atoms with Crippen molar-refractivity contribution in [1.82, 2.24) is 15.5 Å². The summed E-state index contributed by atoms with van der Waals surface area (Å²) in [6.07, 6.45) is 0. The van der Waals surface area contributed by atoms with Crippen LogP contribution in [0, 0.1) is 13.8 Å². The van der Waals surface area contributed by atoms with E-state index in [9.17, 15) is 4.79 Å². The van der Waals surface area contributed by atoms with E-state index in [4.69, 9.17) is 21.1 Å². The standard InChI is InChI=1S/C27H23ClN4O2/c1-16-7-9-20(10-8-16)25-30-26(34-31-25)23-18(3)32(22-6-4-5-17(2)15-22)27(33)29-24(23)19-11-13-21(28)14-12-19/h4-15,24H,1-3H3,(H,29,33). The second-order valence-corrected chi connectivity index (χ2v) is 8.83. The molecule has 2 heterocycles. The van der Waals surface area contributed by atoms with Gasteiger partial charge in [0.05, 0.1) is 17.3 Å². The Bertz CT molecular complexity index is 1390. The van der Waals surface area contributed by atoms with E-state index in [1.807, 2.05) is 81.4 Å². The van der Waals surface area contributed by atoms with Gasteiger partial charge < -0.3 is 9.84 Å². The van der Waals surface area contributed by atoms with E-state index in [1.165, 1.54) is 0 Å². The summed E-state index contributed by atoms with van der Waals surface area (Å²) in [4.78, 5) is 19.6. The van der Waals surface area contributed by atoms with Crippen molar-refractivity contribution in [3.63, 3.8) is 0 Å². The minimum absolute atomic E-state index is 0.231. The first-order valence-corrected chi connectivity index (χ1v) is 11.3. The summed E-state index contributed by atoms with van der Waals surface area (Å²) in [5.74, 6) is 0.842. The predicted molar refractivity (Wildman–Crippen MR) is 133 cm³/mol. The lowest BCUT2D eigenvalue weighted by Gasteiger charge is -2.35. The topological polar surface area (TPSA) is 71.3 Å². The number of hydrogen-bond acceptors (Lipinski definition) is 4. The Morgan fingerprint density at radius 1 is 0.941 bits per heavy atom. The van der Waals surface area contributed by atoms with Crippen molar-refractivity contribution >= 4 is 28.9 Å². The molecule has 6 nitrogen and oxygen atoms in total. The number of halogens is 1. The fourth-order valence-corrected chi connectivity index (χ4v) is 4.28. The lowest BCUT2D eigenvalue weighted by Crippen LogP contribution is -2.46. The van der Waals surface area contributed by atoms with Gasteiger partial charge in [0.15, 0.2) is 0 Å². The zero-order chi connectivity index (χ0) is 23.8. The first-order valence-electron chi connectivity index (χ1n) is 11.0. The summed E-state index contributed by atoms with van der Waals surface area (Å²) < 4.78 is 5.75. The molecule has 0 aliphatic carbocycles. The van der Waals surface area contributed by atoms with Crippen LogP contribution in [0.1, 0.15) is 35.5 Å². The summed E-state index contributed by atoms with van der Waals surface area (Å²) in [5.41, 5.74) is 6.14. The van der Waals surface area contributed by atoms with E-state index in [1.54, 1.807) is 17.0 Å². The molecule has 4 aromatic rings. The fraction of sp³-hybridized carbons (Fsp3) is 0.148. The number of nitrogens with zero attached hydrogens (tertiary/aromatic N) is 3. The summed E-state index contributed by atoms with van der Waals surface area (Å²) in [7, 11) is 0. The van der Waals surface area contributed by atoms with Gasteiger partial charge in [-0.15, -0.1) is 0 Å². The lowest BCUT2D eigenvalue weighted by molar-refractivity contribution is 0.244. The Labute approximate surface area is 202 Å². The molecule has 0 saturated heterocycles. The summed E-state index contributed by atoms with van der Waals surface area (Å²) in [5, 5.41) is 7.96. The maximum absolute atomic E-state index is 13.3. The van der Waals surface area contributed by atoms with Gasteiger partial charge >= 0.3 is 6.03 Å². The van der Waals surface area contributed by atoms with Crippen LogP contribution >= 0.6 is 11.6 Å². The molecule has 0 spiro atoms. The van der Waals surface area contributed by atoms with Crippen LogP contribution in [0.25, 0.3) is 17.0 Å². The van der Waals surface area contributed by atoms with Gasteiger partial charge in [0, 0.05) is 16.3 Å². The minimum Gasteiger partial charge on any atom is -0.334 e. The maximum Gasteiger partial charge on any atom is 0.326 e. The molecule has 0 saturated carbocycles. The van der Waals surface area contributed by atoms with Crippen LogP contribution in [-0.2, 0) is 0 Å². The molecule has 0 fully saturated rings. The molecule has 2 amide bonds. The number of nitrogens with one attached hydrogen (secondary N) is 1. The van der Waals surface area contributed by atoms with Gasteiger partial charge in [-0.3, -0.25) is 4.90 Å². The summed E-state index contributed by atoms with van der Waals surface area (Å²) in [6.45, 7) is 5.92. The second-order valence-electron chi connectivity index (χ2n) is 8.40. The van der Waals surface area contributed by atoms with Gasteiger partial charge in [0.2, 0.25) is 5.82 Å². The number of anilines is 1. The number of allylic oxidation sites excluding steroid dienone is 1. The molecular weight excluding hydrogens is 448 g/mol. The Morgan fingerprint density at radius 3 is 2.38 bits per heavy atom. The van der Waals surface area contributed by atoms with E-state index in [-0.39, 0.29) is 6.03 Å². The van der Waals surface area contributed by atoms with Crippen LogP contribution in [0.5, 0.6) is 0 Å². The van der Waals surface area contributed by atoms with E-state index in [2.05, 4.69) is 10.5 Å². The number of benzene rings is 3. The Kier molecular flexibility index (Phi) is 5.67. The van der Waals surface area contributed by atoms with Gasteiger partial charge in [-0.05, 0) is 56.2 Å². The molecule has 0 radical (unpaired) electrons. The van der Waals surface area contributed by atoms with Crippen LogP contribution < -0.4 is 10.2 Å². The Balaban J connectivity index is 1.65. The average Bonchev–Trinajstić information content (AvgIpc) is 3.29. The third-order valence-corrected chi connectivity index (χ3v) is 6.17. The van der Waals surface area contributed by atoms with E-state index >= 15 is 0 Å². The number of aryl methyl sites for hydroxylation is 2. The first-order chi connectivity index (χ1) is 16.4. The van der Waals surface area contributed by atoms with E-state index in [0.717, 1.165) is 33.5 Å². The molecule has 1 unspecified atom stereocenters. The zero-order valence-electron chi connectivity index (χ0n) is 19.0. The third kappa shape index (κ3) is 4.08. The lowest BCUT2D eigenvalue weighted by atomic mass is 9.94. The second kappa shape index (κ2) is 8.80. The normalized spacial score (nSPS) is 16.1. The summed E-state index contributed by atoms with van der Waals surface area (Å²) >= 11 is 6.11. The van der Waals surface area contributed by atoms with Crippen molar-refractivity contribution in [3.05, 3.63) is 106 Å². The largest absolute Gasteiger partial charge is 0.334 e. The average molecular weight is 471 g/mol. The number of urea groups is 1. The minimum atomic E-state index is -0.475. The quantitative estimate of drug-likeness (QED) is 0.360. The predicted octanol–water partition coefficient (Wildman–Crippen LogP) is 6.71. The van der Waals surface area contributed by atoms with Crippen LogP contribution in [0.2, 0.25) is 5.02 Å². The molecule has 3 aromatic carbocycles. The van der Waals surface area contributed by atoms with Crippen molar-refractivity contribution in [1.29, 1.82) is 0 Å². The van der Waals surface area contributed by atoms with E-state index < -0.39 is 6.04 Å². The molecular formula is C27H23ClN4O2. The number of carbonyl (C=O) groups excluding carboxylic acids is 1. The molecule has 1 atom stereocenters. The molecule has 0 bridgehead atoms. The van der Waals surface area contributed by atoms with Crippen molar-refractivity contribution in [3.8, 4) is 11.4 Å². The monoisotopic (exact) mass is 470 g/mol. The van der Waals surface area contributed by atoms with Crippen molar-refractivity contribution in [2.75, 3.05) is 4.90 Å². The SMILES string of the molecule is CC1=C(c2nc(-c3ccc(C)cc3)no2)C(c2ccc(Cl)cc2)NC(=O)N1c1cccc(C)c1. The van der Waals surface area contributed by atoms with Gasteiger partial charge in [0.25, 0.3) is 5.89 Å². The molecule has 5 rings (SSSR count). The van der Waals surface area contributed by atoms with Crippen molar-refractivity contribution in [2.24, 2.45) is 0 Å². The third-order valence-electron chi connectivity index (χ3n) is 5.91. The molecule has 1 aliphatic heterocycles. The molecule has 170 valence electrons. The Morgan fingerprint density at radius 2 is 1.68 bits per heavy atom. The van der Waals surface area contributed by atoms with Crippen LogP contribution in [-0.4, -0.2) is 16.2 Å². The molecule has 1 aromatic heterocycles. The van der Waals surface area contributed by atoms with Gasteiger partial charge in [0.1, 0.15) is 0 Å². The summed E-state index contributed by atoms with van der Waals surface area (Å²) in [6, 6.07) is 22.4. The molecule has 7 heteroatoms.